The van der Waals surface area contributed by atoms with Crippen molar-refractivity contribution in [2.75, 3.05) is 17.6 Å². The topological polar surface area (TPSA) is 80.0 Å². The van der Waals surface area contributed by atoms with E-state index >= 15 is 0 Å². The Hall–Kier alpha value is -1.30. The third-order valence-electron chi connectivity index (χ3n) is 4.98. The third-order valence-corrected chi connectivity index (χ3v) is 6.01. The predicted molar refractivity (Wildman–Crippen MR) is 86.6 cm³/mol. The molecule has 5 nitrogen and oxygen atoms in total. The Kier molecular flexibility index (Phi) is 4.06. The normalized spacial score (nSPS) is 28.6. The van der Waals surface area contributed by atoms with Gasteiger partial charge in [0.15, 0.2) is 5.13 Å². The fourth-order valence-corrected chi connectivity index (χ4v) is 4.86. The molecule has 2 aliphatic carbocycles. The van der Waals surface area contributed by atoms with Gasteiger partial charge in [0.25, 0.3) is 5.91 Å². The lowest BCUT2D eigenvalue weighted by molar-refractivity contribution is 0.0920. The number of hydrogen-bond acceptors (Lipinski definition) is 5. The van der Waals surface area contributed by atoms with Gasteiger partial charge in [0.05, 0.1) is 0 Å². The summed E-state index contributed by atoms with van der Waals surface area (Å²) in [5, 5.41) is 6.96. The molecule has 2 bridgehead atoms. The van der Waals surface area contributed by atoms with E-state index in [9.17, 15) is 4.79 Å². The molecule has 1 heterocycles. The lowest BCUT2D eigenvalue weighted by Crippen LogP contribution is -2.40. The Morgan fingerprint density at radius 3 is 2.90 bits per heavy atom. The molecule has 3 rings (SSSR count). The Balaban J connectivity index is 1.63. The minimum atomic E-state index is -0.0792. The standard InChI is InChI=1S/C15H24N4OS/c1-3-17-15-19-13(16)12(21-15)14(20)18-8(2)11-7-9-4-5-10(11)6-9/h8-11H,3-7,16H2,1-2H3,(H,17,19)(H,18,20). The maximum absolute atomic E-state index is 12.4. The van der Waals surface area contributed by atoms with Gasteiger partial charge in [0.2, 0.25) is 0 Å². The van der Waals surface area contributed by atoms with Crippen LogP contribution in [0.5, 0.6) is 0 Å². The van der Waals surface area contributed by atoms with E-state index in [-0.39, 0.29) is 11.9 Å². The number of nitrogen functional groups attached to an aromatic ring is 1. The lowest BCUT2D eigenvalue weighted by atomic mass is 9.84. The number of anilines is 2. The zero-order chi connectivity index (χ0) is 15.0. The van der Waals surface area contributed by atoms with Crippen molar-refractivity contribution in [1.29, 1.82) is 0 Å². The van der Waals surface area contributed by atoms with Crippen molar-refractivity contribution >= 4 is 28.2 Å². The van der Waals surface area contributed by atoms with E-state index in [0.717, 1.165) is 18.4 Å². The van der Waals surface area contributed by atoms with Crippen LogP contribution in [0.1, 0.15) is 49.2 Å². The van der Waals surface area contributed by atoms with Gasteiger partial charge < -0.3 is 16.4 Å². The molecule has 0 radical (unpaired) electrons. The minimum absolute atomic E-state index is 0.0792. The molecule has 1 amide bonds. The summed E-state index contributed by atoms with van der Waals surface area (Å²) >= 11 is 1.33. The molecule has 6 heteroatoms. The highest BCUT2D eigenvalue weighted by Crippen LogP contribution is 2.49. The van der Waals surface area contributed by atoms with Gasteiger partial charge in [0, 0.05) is 12.6 Å². The highest BCUT2D eigenvalue weighted by atomic mass is 32.1. The highest BCUT2D eigenvalue weighted by Gasteiger charge is 2.42. The Morgan fingerprint density at radius 2 is 2.29 bits per heavy atom. The van der Waals surface area contributed by atoms with E-state index in [0.29, 0.717) is 21.7 Å². The molecule has 2 saturated carbocycles. The summed E-state index contributed by atoms with van der Waals surface area (Å²) in [5.74, 6) is 2.59. The second-order valence-electron chi connectivity index (χ2n) is 6.36. The highest BCUT2D eigenvalue weighted by molar-refractivity contribution is 7.18. The molecule has 4 N–H and O–H groups in total. The summed E-state index contributed by atoms with van der Waals surface area (Å²) in [6, 6.07) is 0.219. The maximum atomic E-state index is 12.4. The first-order chi connectivity index (χ1) is 10.1. The summed E-state index contributed by atoms with van der Waals surface area (Å²) in [6.45, 7) is 4.90. The molecule has 0 aromatic carbocycles. The average molecular weight is 308 g/mol. The fraction of sp³-hybridized carbons (Fsp3) is 0.733. The predicted octanol–water partition coefficient (Wildman–Crippen LogP) is 2.71. The first-order valence-electron chi connectivity index (χ1n) is 7.89. The van der Waals surface area contributed by atoms with Gasteiger partial charge in [-0.2, -0.15) is 0 Å². The number of rotatable bonds is 5. The van der Waals surface area contributed by atoms with Gasteiger partial charge in [-0.3, -0.25) is 4.79 Å². The number of amides is 1. The summed E-state index contributed by atoms with van der Waals surface area (Å²) in [7, 11) is 0. The SMILES string of the molecule is CCNc1nc(N)c(C(=O)NC(C)C2CC3CCC2C3)s1. The summed E-state index contributed by atoms with van der Waals surface area (Å²) in [4.78, 5) is 17.1. The van der Waals surface area contributed by atoms with Crippen molar-refractivity contribution in [3.8, 4) is 0 Å². The van der Waals surface area contributed by atoms with E-state index in [1.54, 1.807) is 0 Å². The van der Waals surface area contributed by atoms with Crippen molar-refractivity contribution in [2.24, 2.45) is 17.8 Å². The van der Waals surface area contributed by atoms with Crippen LogP contribution in [-0.4, -0.2) is 23.5 Å². The third kappa shape index (κ3) is 2.86. The molecule has 2 aliphatic rings. The van der Waals surface area contributed by atoms with E-state index < -0.39 is 0 Å². The number of thiazole rings is 1. The number of hydrogen-bond donors (Lipinski definition) is 3. The van der Waals surface area contributed by atoms with Crippen LogP contribution in [0.2, 0.25) is 0 Å². The molecule has 1 aromatic rings. The molecule has 4 atom stereocenters. The molecule has 2 fully saturated rings. The molecule has 1 aromatic heterocycles. The smallest absolute Gasteiger partial charge is 0.265 e. The van der Waals surface area contributed by atoms with Gasteiger partial charge >= 0.3 is 0 Å². The fourth-order valence-electron chi connectivity index (χ4n) is 4.01. The van der Waals surface area contributed by atoms with Crippen molar-refractivity contribution < 1.29 is 4.79 Å². The first kappa shape index (κ1) is 14.6. The number of carbonyl (C=O) groups excluding carboxylic acids is 1. The van der Waals surface area contributed by atoms with Crippen LogP contribution in [0, 0.1) is 17.8 Å². The number of nitrogens with zero attached hydrogens (tertiary/aromatic N) is 1. The number of nitrogens with one attached hydrogen (secondary N) is 2. The zero-order valence-electron chi connectivity index (χ0n) is 12.7. The molecule has 0 aliphatic heterocycles. The largest absolute Gasteiger partial charge is 0.382 e. The Labute approximate surface area is 129 Å². The van der Waals surface area contributed by atoms with Crippen LogP contribution in [0.25, 0.3) is 0 Å². The maximum Gasteiger partial charge on any atom is 0.265 e. The number of aromatic nitrogens is 1. The van der Waals surface area contributed by atoms with Crippen molar-refractivity contribution in [3.63, 3.8) is 0 Å². The van der Waals surface area contributed by atoms with Crippen molar-refractivity contribution in [2.45, 2.75) is 45.6 Å². The second kappa shape index (κ2) is 5.83. The van der Waals surface area contributed by atoms with Crippen molar-refractivity contribution in [3.05, 3.63) is 4.88 Å². The minimum Gasteiger partial charge on any atom is -0.382 e. The molecule has 0 spiro atoms. The van der Waals surface area contributed by atoms with Crippen LogP contribution in [0.4, 0.5) is 10.9 Å². The average Bonchev–Trinajstić information content (AvgIpc) is 3.14. The monoisotopic (exact) mass is 308 g/mol. The Bertz CT molecular complexity index is 530. The van der Waals surface area contributed by atoms with E-state index in [2.05, 4.69) is 22.5 Å². The van der Waals surface area contributed by atoms with Gasteiger partial charge in [-0.15, -0.1) is 0 Å². The molecule has 116 valence electrons. The van der Waals surface area contributed by atoms with Crippen LogP contribution < -0.4 is 16.4 Å². The van der Waals surface area contributed by atoms with Crippen LogP contribution in [0.3, 0.4) is 0 Å². The quantitative estimate of drug-likeness (QED) is 0.781. The number of carbonyl (C=O) groups is 1. The lowest BCUT2D eigenvalue weighted by Gasteiger charge is -2.28. The van der Waals surface area contributed by atoms with E-state index in [1.807, 2.05) is 6.92 Å². The summed E-state index contributed by atoms with van der Waals surface area (Å²) in [5.41, 5.74) is 5.86. The zero-order valence-corrected chi connectivity index (χ0v) is 13.5. The Morgan fingerprint density at radius 1 is 1.48 bits per heavy atom. The molecular formula is C15H24N4OS. The molecule has 21 heavy (non-hydrogen) atoms. The van der Waals surface area contributed by atoms with Crippen LogP contribution >= 0.6 is 11.3 Å². The summed E-state index contributed by atoms with van der Waals surface area (Å²) in [6.07, 6.45) is 5.35. The van der Waals surface area contributed by atoms with Gasteiger partial charge in [-0.25, -0.2) is 4.98 Å². The van der Waals surface area contributed by atoms with Crippen LogP contribution in [-0.2, 0) is 0 Å². The van der Waals surface area contributed by atoms with Gasteiger partial charge in [-0.1, -0.05) is 17.8 Å². The first-order valence-corrected chi connectivity index (χ1v) is 8.71. The molecular weight excluding hydrogens is 284 g/mol. The molecule has 4 unspecified atom stereocenters. The van der Waals surface area contributed by atoms with E-state index in [1.165, 1.54) is 37.0 Å². The number of nitrogens with two attached hydrogens (primary N) is 1. The van der Waals surface area contributed by atoms with Crippen LogP contribution in [0.15, 0.2) is 0 Å². The molecule has 0 saturated heterocycles. The van der Waals surface area contributed by atoms with Gasteiger partial charge in [-0.05, 0) is 50.9 Å². The van der Waals surface area contributed by atoms with Crippen molar-refractivity contribution in [1.82, 2.24) is 10.3 Å². The van der Waals surface area contributed by atoms with E-state index in [4.69, 9.17) is 5.73 Å². The second-order valence-corrected chi connectivity index (χ2v) is 7.36. The van der Waals surface area contributed by atoms with Gasteiger partial charge in [0.1, 0.15) is 10.7 Å². The number of fused-ring (bicyclic) bond motifs is 2. The summed E-state index contributed by atoms with van der Waals surface area (Å²) < 4.78 is 0.